The summed E-state index contributed by atoms with van der Waals surface area (Å²) in [5, 5.41) is 0. The summed E-state index contributed by atoms with van der Waals surface area (Å²) in [5.74, 6) is -0.819. The highest BCUT2D eigenvalue weighted by Gasteiger charge is 2.49. The van der Waals surface area contributed by atoms with Gasteiger partial charge in [0.1, 0.15) is 0 Å². The van der Waals surface area contributed by atoms with E-state index < -0.39 is 31.4 Å². The molecule has 0 saturated carbocycles. The van der Waals surface area contributed by atoms with E-state index >= 15 is 0 Å². The van der Waals surface area contributed by atoms with Gasteiger partial charge in [0.25, 0.3) is 10.0 Å². The molecule has 3 rings (SSSR count). The summed E-state index contributed by atoms with van der Waals surface area (Å²) in [7, 11) is -7.66. The molecule has 0 atom stereocenters. The molecule has 0 bridgehead atoms. The van der Waals surface area contributed by atoms with Crippen molar-refractivity contribution < 1.29 is 21.6 Å². The van der Waals surface area contributed by atoms with Crippen molar-refractivity contribution >= 4 is 37.3 Å². The zero-order chi connectivity index (χ0) is 22.5. The van der Waals surface area contributed by atoms with Crippen LogP contribution in [0.1, 0.15) is 40.2 Å². The van der Waals surface area contributed by atoms with Crippen LogP contribution in [0.25, 0.3) is 0 Å². The van der Waals surface area contributed by atoms with Gasteiger partial charge in [0.15, 0.2) is 0 Å². The zero-order valence-electron chi connectivity index (χ0n) is 17.6. The summed E-state index contributed by atoms with van der Waals surface area (Å²) in [6, 6.07) is 12.4. The van der Waals surface area contributed by atoms with Gasteiger partial charge in [-0.3, -0.25) is 9.52 Å². The van der Waals surface area contributed by atoms with Crippen molar-refractivity contribution in [1.82, 2.24) is 0 Å². The molecule has 30 heavy (non-hydrogen) atoms. The third kappa shape index (κ3) is 4.22. The van der Waals surface area contributed by atoms with Crippen molar-refractivity contribution in [2.45, 2.75) is 44.9 Å². The molecule has 0 aromatic heterocycles. The average molecular weight is 451 g/mol. The lowest BCUT2D eigenvalue weighted by molar-refractivity contribution is -0.123. The largest absolute Gasteiger partial charge is 0.280 e. The Balaban J connectivity index is 1.84. The van der Waals surface area contributed by atoms with Gasteiger partial charge in [0.05, 0.1) is 21.8 Å². The number of carbonyl (C=O) groups is 1. The zero-order valence-corrected chi connectivity index (χ0v) is 19.3. The molecule has 7 nitrogen and oxygen atoms in total. The Morgan fingerprint density at radius 3 is 1.93 bits per heavy atom. The molecular formula is C21H26N2O5S2. The molecule has 1 N–H and O–H groups in total. The standard InChI is InChI=1S/C21H26N2O5S2/c1-20(2,3)15-6-8-16(9-7-15)22-30(27,28)18-12-10-17(11-13-18)23-19(24)21(4,5)14-29(23,25)26/h6-13,22H,14H2,1-5H3. The molecule has 1 aliphatic heterocycles. The maximum absolute atomic E-state index is 12.7. The molecule has 9 heteroatoms. The van der Waals surface area contributed by atoms with E-state index in [0.717, 1.165) is 9.87 Å². The monoisotopic (exact) mass is 450 g/mol. The molecule has 1 aliphatic rings. The van der Waals surface area contributed by atoms with Crippen molar-refractivity contribution in [3.8, 4) is 0 Å². The van der Waals surface area contributed by atoms with Gasteiger partial charge in [-0.05, 0) is 61.2 Å². The number of nitrogens with one attached hydrogen (secondary N) is 1. The number of anilines is 2. The Labute approximate surface area is 178 Å². The molecule has 0 aliphatic carbocycles. The second kappa shape index (κ2) is 7.09. The van der Waals surface area contributed by atoms with E-state index in [1.54, 1.807) is 26.0 Å². The topological polar surface area (TPSA) is 101 Å². The van der Waals surface area contributed by atoms with Crippen LogP contribution in [0.3, 0.4) is 0 Å². The maximum atomic E-state index is 12.7. The number of sulfonamides is 2. The van der Waals surface area contributed by atoms with E-state index in [2.05, 4.69) is 25.5 Å². The summed E-state index contributed by atoms with van der Waals surface area (Å²) >= 11 is 0. The Morgan fingerprint density at radius 2 is 1.50 bits per heavy atom. The molecule has 1 heterocycles. The van der Waals surface area contributed by atoms with Gasteiger partial charge in [0, 0.05) is 5.69 Å². The van der Waals surface area contributed by atoms with E-state index in [1.807, 2.05) is 12.1 Å². The molecule has 2 aromatic rings. The molecule has 0 radical (unpaired) electrons. The van der Waals surface area contributed by atoms with Crippen LogP contribution < -0.4 is 9.03 Å². The van der Waals surface area contributed by atoms with Crippen LogP contribution in [0.15, 0.2) is 53.4 Å². The van der Waals surface area contributed by atoms with Crippen LogP contribution in [0, 0.1) is 5.41 Å². The fraction of sp³-hybridized carbons (Fsp3) is 0.381. The summed E-state index contributed by atoms with van der Waals surface area (Å²) < 4.78 is 53.4. The van der Waals surface area contributed by atoms with E-state index in [4.69, 9.17) is 0 Å². The van der Waals surface area contributed by atoms with Crippen molar-refractivity contribution in [1.29, 1.82) is 0 Å². The lowest BCUT2D eigenvalue weighted by atomic mass is 9.87. The molecule has 0 spiro atoms. The Morgan fingerprint density at radius 1 is 0.967 bits per heavy atom. The second-order valence-corrected chi connectivity index (χ2v) is 12.6. The predicted molar refractivity (Wildman–Crippen MR) is 117 cm³/mol. The van der Waals surface area contributed by atoms with E-state index in [0.29, 0.717) is 5.69 Å². The Bertz CT molecular complexity index is 1180. The first-order valence-electron chi connectivity index (χ1n) is 9.44. The lowest BCUT2D eigenvalue weighted by Gasteiger charge is -2.19. The van der Waals surface area contributed by atoms with E-state index in [1.165, 1.54) is 24.3 Å². The summed E-state index contributed by atoms with van der Waals surface area (Å²) in [4.78, 5) is 12.4. The fourth-order valence-corrected chi connectivity index (χ4v) is 6.44. The highest BCUT2D eigenvalue weighted by molar-refractivity contribution is 7.94. The van der Waals surface area contributed by atoms with E-state index in [9.17, 15) is 21.6 Å². The number of hydrogen-bond acceptors (Lipinski definition) is 5. The molecular weight excluding hydrogens is 424 g/mol. The van der Waals surface area contributed by atoms with Crippen LogP contribution in [0.2, 0.25) is 0 Å². The SMILES string of the molecule is CC1(C)CS(=O)(=O)N(c2ccc(S(=O)(=O)Nc3ccc(C(C)(C)C)cc3)cc2)C1=O. The first-order chi connectivity index (χ1) is 13.6. The average Bonchev–Trinajstić information content (AvgIpc) is 2.77. The molecule has 162 valence electrons. The van der Waals surface area contributed by atoms with Crippen LogP contribution in [-0.2, 0) is 30.3 Å². The fourth-order valence-electron chi connectivity index (χ4n) is 3.27. The number of rotatable bonds is 4. The van der Waals surface area contributed by atoms with Gasteiger partial charge in [-0.1, -0.05) is 32.9 Å². The van der Waals surface area contributed by atoms with Gasteiger partial charge in [0.2, 0.25) is 15.9 Å². The second-order valence-electron chi connectivity index (χ2n) is 9.14. The number of nitrogens with zero attached hydrogens (tertiary/aromatic N) is 1. The van der Waals surface area contributed by atoms with Crippen LogP contribution in [-0.4, -0.2) is 28.5 Å². The number of carbonyl (C=O) groups excluding carboxylic acids is 1. The van der Waals surface area contributed by atoms with E-state index in [-0.39, 0.29) is 21.8 Å². The summed E-state index contributed by atoms with van der Waals surface area (Å²) in [6.45, 7) is 9.35. The highest BCUT2D eigenvalue weighted by Crippen LogP contribution is 2.36. The number of benzene rings is 2. The predicted octanol–water partition coefficient (Wildman–Crippen LogP) is 3.49. The Hall–Kier alpha value is -2.39. The van der Waals surface area contributed by atoms with Gasteiger partial charge in [-0.25, -0.2) is 21.1 Å². The molecule has 2 aromatic carbocycles. The van der Waals surface area contributed by atoms with Gasteiger partial charge in [-0.2, -0.15) is 0 Å². The smallest absolute Gasteiger partial charge is 0.261 e. The molecule has 1 amide bonds. The van der Waals surface area contributed by atoms with Crippen LogP contribution in [0.5, 0.6) is 0 Å². The quantitative estimate of drug-likeness (QED) is 0.768. The first-order valence-corrected chi connectivity index (χ1v) is 12.5. The van der Waals surface area contributed by atoms with Crippen molar-refractivity contribution in [3.63, 3.8) is 0 Å². The minimum atomic E-state index is -3.87. The van der Waals surface area contributed by atoms with Crippen LogP contribution in [0.4, 0.5) is 11.4 Å². The normalized spacial score (nSPS) is 18.4. The van der Waals surface area contributed by atoms with Crippen molar-refractivity contribution in [3.05, 3.63) is 54.1 Å². The third-order valence-corrected chi connectivity index (χ3v) is 8.39. The number of amides is 1. The Kier molecular flexibility index (Phi) is 5.27. The van der Waals surface area contributed by atoms with Gasteiger partial charge >= 0.3 is 0 Å². The lowest BCUT2D eigenvalue weighted by Crippen LogP contribution is -2.32. The van der Waals surface area contributed by atoms with Gasteiger partial charge in [-0.15, -0.1) is 0 Å². The highest BCUT2D eigenvalue weighted by atomic mass is 32.2. The third-order valence-electron chi connectivity index (χ3n) is 4.97. The summed E-state index contributed by atoms with van der Waals surface area (Å²) in [6.07, 6.45) is 0. The van der Waals surface area contributed by atoms with Crippen molar-refractivity contribution in [2.24, 2.45) is 5.41 Å². The molecule has 1 fully saturated rings. The maximum Gasteiger partial charge on any atom is 0.261 e. The summed E-state index contributed by atoms with van der Waals surface area (Å²) in [5.41, 5.74) is 0.554. The molecule has 0 unspecified atom stereocenters. The molecule has 1 saturated heterocycles. The first kappa shape index (κ1) is 22.3. The number of hydrogen-bond donors (Lipinski definition) is 1. The van der Waals surface area contributed by atoms with Crippen molar-refractivity contribution in [2.75, 3.05) is 14.8 Å². The minimum Gasteiger partial charge on any atom is -0.280 e. The van der Waals surface area contributed by atoms with Gasteiger partial charge < -0.3 is 0 Å². The minimum absolute atomic E-state index is 0.0329. The van der Waals surface area contributed by atoms with Crippen LogP contribution >= 0.6 is 0 Å².